The maximum atomic E-state index is 12.9. The zero-order valence-electron chi connectivity index (χ0n) is 15.4. The van der Waals surface area contributed by atoms with Crippen molar-refractivity contribution in [3.63, 3.8) is 0 Å². The Morgan fingerprint density at radius 1 is 1.32 bits per heavy atom. The van der Waals surface area contributed by atoms with Crippen molar-refractivity contribution in [1.29, 1.82) is 0 Å². The van der Waals surface area contributed by atoms with Crippen molar-refractivity contribution in [2.45, 2.75) is 64.7 Å². The molecule has 3 fully saturated rings. The van der Waals surface area contributed by atoms with E-state index in [4.69, 9.17) is 4.74 Å². The molecule has 136 valence electrons. The summed E-state index contributed by atoms with van der Waals surface area (Å²) in [6, 6.07) is 8.14. The highest BCUT2D eigenvalue weighted by Crippen LogP contribution is 2.69. The van der Waals surface area contributed by atoms with Gasteiger partial charge in [-0.05, 0) is 61.0 Å². The van der Waals surface area contributed by atoms with Crippen molar-refractivity contribution in [2.75, 3.05) is 6.54 Å². The van der Waals surface area contributed by atoms with Crippen LogP contribution in [0.5, 0.6) is 0 Å². The molecule has 1 aromatic rings. The van der Waals surface area contributed by atoms with Gasteiger partial charge in [-0.2, -0.15) is 0 Å². The van der Waals surface area contributed by atoms with E-state index in [0.717, 1.165) is 36.4 Å². The fourth-order valence-electron chi connectivity index (χ4n) is 5.33. The Morgan fingerprint density at radius 3 is 2.76 bits per heavy atom. The maximum absolute atomic E-state index is 12.9. The molecule has 1 aliphatic heterocycles. The van der Waals surface area contributed by atoms with Crippen LogP contribution in [0.2, 0.25) is 0 Å². The average Bonchev–Trinajstić information content (AvgIpc) is 2.97. The number of aliphatic hydroxyl groups is 1. The van der Waals surface area contributed by atoms with E-state index in [9.17, 15) is 9.90 Å². The monoisotopic (exact) mass is 343 g/mol. The van der Waals surface area contributed by atoms with Gasteiger partial charge in [0.2, 0.25) is 0 Å². The van der Waals surface area contributed by atoms with Gasteiger partial charge < -0.3 is 14.7 Å². The normalized spacial score (nSPS) is 32.3. The van der Waals surface area contributed by atoms with E-state index in [1.54, 1.807) is 0 Å². The van der Waals surface area contributed by atoms with Crippen molar-refractivity contribution in [3.8, 4) is 0 Å². The van der Waals surface area contributed by atoms with Gasteiger partial charge in [0.05, 0.1) is 0 Å². The summed E-state index contributed by atoms with van der Waals surface area (Å²) in [5.74, 6) is 0.890. The molecule has 1 heterocycles. The molecule has 1 spiro atoms. The molecule has 2 saturated carbocycles. The van der Waals surface area contributed by atoms with Crippen LogP contribution in [0.1, 0.15) is 56.8 Å². The summed E-state index contributed by atoms with van der Waals surface area (Å²) < 4.78 is 5.88. The van der Waals surface area contributed by atoms with Crippen LogP contribution in [0.4, 0.5) is 4.79 Å². The molecule has 25 heavy (non-hydrogen) atoms. The smallest absolute Gasteiger partial charge is 0.410 e. The van der Waals surface area contributed by atoms with Crippen LogP contribution < -0.4 is 0 Å². The molecule has 4 heteroatoms. The average molecular weight is 343 g/mol. The molecular weight excluding hydrogens is 314 g/mol. The number of aliphatic hydroxyl groups excluding tert-OH is 1. The zero-order valence-corrected chi connectivity index (χ0v) is 15.4. The molecule has 4 nitrogen and oxygen atoms in total. The molecule has 3 unspecified atom stereocenters. The first-order chi connectivity index (χ1) is 11.9. The Hall–Kier alpha value is -1.55. The van der Waals surface area contributed by atoms with Gasteiger partial charge >= 0.3 is 6.09 Å². The number of carbonyl (C=O) groups is 1. The summed E-state index contributed by atoms with van der Waals surface area (Å²) in [6.07, 6.45) is 3.24. The van der Waals surface area contributed by atoms with Crippen LogP contribution in [0.15, 0.2) is 24.3 Å². The first-order valence-corrected chi connectivity index (χ1v) is 9.65. The summed E-state index contributed by atoms with van der Waals surface area (Å²) in [6.45, 7) is 6.79. The second-order valence-corrected chi connectivity index (χ2v) is 8.56. The van der Waals surface area contributed by atoms with E-state index >= 15 is 0 Å². The van der Waals surface area contributed by atoms with Crippen molar-refractivity contribution in [1.82, 2.24) is 4.90 Å². The number of aryl methyl sites for hydroxylation is 1. The molecule has 0 aromatic heterocycles. The predicted molar refractivity (Wildman–Crippen MR) is 96.1 cm³/mol. The van der Waals surface area contributed by atoms with Crippen LogP contribution >= 0.6 is 0 Å². The van der Waals surface area contributed by atoms with Gasteiger partial charge in [-0.15, -0.1) is 0 Å². The number of benzene rings is 1. The van der Waals surface area contributed by atoms with E-state index < -0.39 is 12.2 Å². The molecule has 4 rings (SSSR count). The lowest BCUT2D eigenvalue weighted by molar-refractivity contribution is -0.0374. The number of hydrogen-bond donors (Lipinski definition) is 1. The Morgan fingerprint density at radius 2 is 2.08 bits per heavy atom. The number of carbonyl (C=O) groups excluding carboxylic acids is 1. The van der Waals surface area contributed by atoms with Crippen molar-refractivity contribution in [2.24, 2.45) is 17.3 Å². The van der Waals surface area contributed by atoms with Gasteiger partial charge in [0.25, 0.3) is 0 Å². The lowest BCUT2D eigenvalue weighted by Crippen LogP contribution is -2.41. The highest BCUT2D eigenvalue weighted by Gasteiger charge is 2.67. The number of hydrogen-bond acceptors (Lipinski definition) is 3. The lowest BCUT2D eigenvalue weighted by Gasteiger charge is -2.31. The van der Waals surface area contributed by atoms with Gasteiger partial charge in [-0.1, -0.05) is 38.1 Å². The summed E-state index contributed by atoms with van der Waals surface area (Å²) in [7, 11) is 0. The molecule has 0 radical (unpaired) electrons. The fraction of sp³-hybridized carbons (Fsp3) is 0.667. The van der Waals surface area contributed by atoms with Crippen LogP contribution in [-0.4, -0.2) is 34.8 Å². The van der Waals surface area contributed by atoms with E-state index in [0.29, 0.717) is 11.5 Å². The highest BCUT2D eigenvalue weighted by atomic mass is 16.6. The number of ether oxygens (including phenoxy) is 1. The van der Waals surface area contributed by atoms with E-state index in [2.05, 4.69) is 0 Å². The third-order valence-corrected chi connectivity index (χ3v) is 6.87. The minimum atomic E-state index is -0.793. The third kappa shape index (κ3) is 2.66. The van der Waals surface area contributed by atoms with Crippen LogP contribution in [0, 0.1) is 24.2 Å². The lowest BCUT2D eigenvalue weighted by atomic mass is 9.93. The van der Waals surface area contributed by atoms with Gasteiger partial charge in [0, 0.05) is 12.6 Å². The summed E-state index contributed by atoms with van der Waals surface area (Å²) in [4.78, 5) is 14.8. The minimum Gasteiger partial charge on any atom is -0.443 e. The van der Waals surface area contributed by atoms with E-state index in [1.165, 1.54) is 12.8 Å². The van der Waals surface area contributed by atoms with Crippen molar-refractivity contribution in [3.05, 3.63) is 35.4 Å². The Bertz CT molecular complexity index is 673. The van der Waals surface area contributed by atoms with Gasteiger partial charge in [0.15, 0.2) is 0 Å². The van der Waals surface area contributed by atoms with Crippen molar-refractivity contribution < 1.29 is 14.6 Å². The standard InChI is InChI=1S/C21H29NO3/c1-13(2)19(18(23)16-7-5-4-6-14(16)3)25-20(24)22-11-10-21-12-15(21)8-9-17(21)22/h4-7,13,15,17-19,23H,8-12H2,1-3H3/t15?,17?,18-,19-,21?/m0/s1. The number of nitrogens with zero attached hydrogens (tertiary/aromatic N) is 1. The van der Waals surface area contributed by atoms with Gasteiger partial charge in [-0.3, -0.25) is 0 Å². The molecule has 0 bridgehead atoms. The van der Waals surface area contributed by atoms with E-state index in [1.807, 2.05) is 49.9 Å². The topological polar surface area (TPSA) is 49.8 Å². The molecule has 5 atom stereocenters. The zero-order chi connectivity index (χ0) is 17.8. The largest absolute Gasteiger partial charge is 0.443 e. The maximum Gasteiger partial charge on any atom is 0.410 e. The third-order valence-electron chi connectivity index (χ3n) is 6.87. The number of likely N-dealkylation sites (tertiary alicyclic amines) is 1. The molecule has 1 amide bonds. The van der Waals surface area contributed by atoms with Crippen LogP contribution in [0.25, 0.3) is 0 Å². The highest BCUT2D eigenvalue weighted by molar-refractivity contribution is 5.69. The molecule has 1 aromatic carbocycles. The number of rotatable bonds is 4. The molecule has 3 aliphatic rings. The summed E-state index contributed by atoms with van der Waals surface area (Å²) >= 11 is 0. The predicted octanol–water partition coefficient (Wildman–Crippen LogP) is 4.06. The first-order valence-electron chi connectivity index (χ1n) is 9.65. The molecule has 1 saturated heterocycles. The van der Waals surface area contributed by atoms with Gasteiger partial charge in [0.1, 0.15) is 12.2 Å². The Labute approximate surface area is 150 Å². The Balaban J connectivity index is 1.49. The molecule has 1 N–H and O–H groups in total. The summed E-state index contributed by atoms with van der Waals surface area (Å²) in [5, 5.41) is 10.9. The van der Waals surface area contributed by atoms with E-state index in [-0.39, 0.29) is 12.0 Å². The van der Waals surface area contributed by atoms with Gasteiger partial charge in [-0.25, -0.2) is 4.79 Å². The molecule has 2 aliphatic carbocycles. The number of amides is 1. The Kier molecular flexibility index (Phi) is 4.06. The fourth-order valence-corrected chi connectivity index (χ4v) is 5.33. The molecular formula is C21H29NO3. The summed E-state index contributed by atoms with van der Waals surface area (Å²) in [5.41, 5.74) is 2.28. The van der Waals surface area contributed by atoms with Crippen molar-refractivity contribution >= 4 is 6.09 Å². The van der Waals surface area contributed by atoms with Crippen LogP contribution in [-0.2, 0) is 4.74 Å². The van der Waals surface area contributed by atoms with Crippen LogP contribution in [0.3, 0.4) is 0 Å². The first kappa shape index (κ1) is 16.9. The minimum absolute atomic E-state index is 0.0485. The second-order valence-electron chi connectivity index (χ2n) is 8.56. The quantitative estimate of drug-likeness (QED) is 0.897. The second kappa shape index (κ2) is 6.01. The SMILES string of the molecule is Cc1ccccc1[C@H](O)[C@@H](OC(=O)N1CCC23CC2CCC13)C(C)C.